The molecular weight excluding hydrogens is 204 g/mol. The van der Waals surface area contributed by atoms with Crippen molar-refractivity contribution in [2.75, 3.05) is 5.75 Å². The highest BCUT2D eigenvalue weighted by molar-refractivity contribution is 7.85. The Kier molecular flexibility index (Phi) is 7.13. The Labute approximate surface area is 86.1 Å². The standard InChI is InChI=1S/C9H20O4S/c1-2-6-9(10)7-4-3-5-8-14(11,12)13/h9-10H,2-8H2,1H3,(H,11,12,13). The van der Waals surface area contributed by atoms with Crippen molar-refractivity contribution >= 4 is 10.1 Å². The largest absolute Gasteiger partial charge is 0.393 e. The van der Waals surface area contributed by atoms with E-state index in [9.17, 15) is 13.5 Å². The lowest BCUT2D eigenvalue weighted by Crippen LogP contribution is -2.06. The molecule has 1 unspecified atom stereocenters. The number of aliphatic hydroxyl groups excluding tert-OH is 1. The van der Waals surface area contributed by atoms with Crippen molar-refractivity contribution in [1.82, 2.24) is 0 Å². The second-order valence-corrected chi connectivity index (χ2v) is 5.15. The van der Waals surface area contributed by atoms with Gasteiger partial charge in [-0.15, -0.1) is 0 Å². The first-order chi connectivity index (χ1) is 6.45. The Morgan fingerprint density at radius 2 is 1.79 bits per heavy atom. The molecule has 0 aliphatic carbocycles. The SMILES string of the molecule is CCCC(O)CCCCCS(=O)(=O)O. The average Bonchev–Trinajstić information content (AvgIpc) is 2.02. The minimum atomic E-state index is -3.80. The molecule has 0 radical (unpaired) electrons. The van der Waals surface area contributed by atoms with Gasteiger partial charge in [0, 0.05) is 0 Å². The van der Waals surface area contributed by atoms with Crippen molar-refractivity contribution in [2.45, 2.75) is 51.6 Å². The molecule has 0 spiro atoms. The lowest BCUT2D eigenvalue weighted by Gasteiger charge is -2.07. The molecule has 2 N–H and O–H groups in total. The van der Waals surface area contributed by atoms with Gasteiger partial charge in [-0.1, -0.05) is 26.2 Å². The highest BCUT2D eigenvalue weighted by Crippen LogP contribution is 2.08. The van der Waals surface area contributed by atoms with Crippen molar-refractivity contribution in [3.05, 3.63) is 0 Å². The summed E-state index contributed by atoms with van der Waals surface area (Å²) in [4.78, 5) is 0. The monoisotopic (exact) mass is 224 g/mol. The highest BCUT2D eigenvalue weighted by atomic mass is 32.2. The smallest absolute Gasteiger partial charge is 0.264 e. The molecule has 0 heterocycles. The summed E-state index contributed by atoms with van der Waals surface area (Å²) in [6, 6.07) is 0. The Bertz CT molecular complexity index is 223. The zero-order valence-electron chi connectivity index (χ0n) is 8.65. The van der Waals surface area contributed by atoms with Crippen molar-refractivity contribution in [3.8, 4) is 0 Å². The molecule has 0 aromatic carbocycles. The first-order valence-corrected chi connectivity index (χ1v) is 6.70. The Morgan fingerprint density at radius 3 is 2.29 bits per heavy atom. The third kappa shape index (κ3) is 9.95. The second kappa shape index (κ2) is 7.20. The van der Waals surface area contributed by atoms with Crippen molar-refractivity contribution in [2.24, 2.45) is 0 Å². The number of aliphatic hydroxyl groups is 1. The molecule has 0 aliphatic rings. The van der Waals surface area contributed by atoms with Gasteiger partial charge in [0.2, 0.25) is 0 Å². The molecule has 0 rings (SSSR count). The van der Waals surface area contributed by atoms with Crippen LogP contribution in [0.15, 0.2) is 0 Å². The minimum Gasteiger partial charge on any atom is -0.393 e. The van der Waals surface area contributed by atoms with Crippen LogP contribution in [0.4, 0.5) is 0 Å². The van der Waals surface area contributed by atoms with Gasteiger partial charge in [0.25, 0.3) is 10.1 Å². The molecule has 0 aliphatic heterocycles. The van der Waals surface area contributed by atoms with Gasteiger partial charge in [-0.2, -0.15) is 8.42 Å². The van der Waals surface area contributed by atoms with Crippen molar-refractivity contribution in [3.63, 3.8) is 0 Å². The number of hydrogen-bond donors (Lipinski definition) is 2. The van der Waals surface area contributed by atoms with Crippen LogP contribution >= 0.6 is 0 Å². The van der Waals surface area contributed by atoms with E-state index in [1.165, 1.54) is 0 Å². The summed E-state index contributed by atoms with van der Waals surface area (Å²) in [5.41, 5.74) is 0. The third-order valence-electron chi connectivity index (χ3n) is 2.06. The number of unbranched alkanes of at least 4 members (excludes halogenated alkanes) is 2. The molecule has 5 heteroatoms. The van der Waals surface area contributed by atoms with E-state index in [2.05, 4.69) is 0 Å². The summed E-state index contributed by atoms with van der Waals surface area (Å²) < 4.78 is 29.1. The van der Waals surface area contributed by atoms with Crippen LogP contribution in [0.2, 0.25) is 0 Å². The normalized spacial score (nSPS) is 14.2. The maximum atomic E-state index is 10.3. The van der Waals surface area contributed by atoms with Crippen LogP contribution < -0.4 is 0 Å². The Morgan fingerprint density at radius 1 is 1.14 bits per heavy atom. The van der Waals surface area contributed by atoms with Crippen LogP contribution in [-0.2, 0) is 10.1 Å². The maximum Gasteiger partial charge on any atom is 0.264 e. The summed E-state index contributed by atoms with van der Waals surface area (Å²) in [5.74, 6) is -0.170. The fourth-order valence-corrected chi connectivity index (χ4v) is 1.89. The second-order valence-electron chi connectivity index (χ2n) is 3.58. The van der Waals surface area contributed by atoms with Crippen LogP contribution in [0.1, 0.15) is 45.4 Å². The fraction of sp³-hybridized carbons (Fsp3) is 1.00. The van der Waals surface area contributed by atoms with Crippen LogP contribution in [0.5, 0.6) is 0 Å². The molecule has 0 saturated carbocycles. The van der Waals surface area contributed by atoms with Gasteiger partial charge in [-0.05, 0) is 19.3 Å². The lowest BCUT2D eigenvalue weighted by molar-refractivity contribution is 0.150. The van der Waals surface area contributed by atoms with E-state index in [1.807, 2.05) is 6.92 Å². The van der Waals surface area contributed by atoms with Gasteiger partial charge in [-0.3, -0.25) is 4.55 Å². The summed E-state index contributed by atoms with van der Waals surface area (Å²) in [6.07, 6.45) is 4.25. The van der Waals surface area contributed by atoms with E-state index in [0.29, 0.717) is 6.42 Å². The topological polar surface area (TPSA) is 74.6 Å². The molecule has 1 atom stereocenters. The lowest BCUT2D eigenvalue weighted by atomic mass is 10.1. The van der Waals surface area contributed by atoms with E-state index in [0.717, 1.165) is 32.1 Å². The van der Waals surface area contributed by atoms with E-state index in [4.69, 9.17) is 4.55 Å². The van der Waals surface area contributed by atoms with Crippen LogP contribution in [0.25, 0.3) is 0 Å². The Balaban J connectivity index is 3.30. The predicted octanol–water partition coefficient (Wildman–Crippen LogP) is 1.60. The molecular formula is C9H20O4S. The fourth-order valence-electron chi connectivity index (χ4n) is 1.32. The number of rotatable bonds is 8. The van der Waals surface area contributed by atoms with Gasteiger partial charge >= 0.3 is 0 Å². The third-order valence-corrected chi connectivity index (χ3v) is 2.87. The zero-order valence-corrected chi connectivity index (χ0v) is 9.46. The molecule has 0 aromatic rings. The predicted molar refractivity (Wildman–Crippen MR) is 55.8 cm³/mol. The summed E-state index contributed by atoms with van der Waals surface area (Å²) in [7, 11) is -3.80. The van der Waals surface area contributed by atoms with Crippen LogP contribution in [0, 0.1) is 0 Å². The van der Waals surface area contributed by atoms with Crippen LogP contribution in [-0.4, -0.2) is 29.9 Å². The van der Waals surface area contributed by atoms with E-state index >= 15 is 0 Å². The summed E-state index contributed by atoms with van der Waals surface area (Å²) in [5, 5.41) is 9.34. The molecule has 0 aromatic heterocycles. The average molecular weight is 224 g/mol. The summed E-state index contributed by atoms with van der Waals surface area (Å²) in [6.45, 7) is 2.02. The number of hydrogen-bond acceptors (Lipinski definition) is 3. The van der Waals surface area contributed by atoms with E-state index in [-0.39, 0.29) is 11.9 Å². The van der Waals surface area contributed by atoms with E-state index in [1.54, 1.807) is 0 Å². The van der Waals surface area contributed by atoms with Gasteiger partial charge in [0.1, 0.15) is 0 Å². The van der Waals surface area contributed by atoms with Gasteiger partial charge < -0.3 is 5.11 Å². The maximum absolute atomic E-state index is 10.3. The first kappa shape index (κ1) is 13.9. The molecule has 4 nitrogen and oxygen atoms in total. The van der Waals surface area contributed by atoms with Crippen LogP contribution in [0.3, 0.4) is 0 Å². The first-order valence-electron chi connectivity index (χ1n) is 5.09. The quantitative estimate of drug-likeness (QED) is 0.485. The molecule has 0 fully saturated rings. The molecule has 0 bridgehead atoms. The Hall–Kier alpha value is -0.130. The summed E-state index contributed by atoms with van der Waals surface area (Å²) >= 11 is 0. The van der Waals surface area contributed by atoms with Gasteiger partial charge in [-0.25, -0.2) is 0 Å². The minimum absolute atomic E-state index is 0.170. The molecule has 86 valence electrons. The van der Waals surface area contributed by atoms with Crippen molar-refractivity contribution < 1.29 is 18.1 Å². The van der Waals surface area contributed by atoms with Crippen molar-refractivity contribution in [1.29, 1.82) is 0 Å². The molecule has 14 heavy (non-hydrogen) atoms. The van der Waals surface area contributed by atoms with E-state index < -0.39 is 10.1 Å². The zero-order chi connectivity index (χ0) is 11.0. The molecule has 0 amide bonds. The highest BCUT2D eigenvalue weighted by Gasteiger charge is 2.05. The van der Waals surface area contributed by atoms with Gasteiger partial charge in [0.05, 0.1) is 11.9 Å². The van der Waals surface area contributed by atoms with Gasteiger partial charge in [0.15, 0.2) is 0 Å². The molecule has 0 saturated heterocycles.